The van der Waals surface area contributed by atoms with E-state index in [1.165, 1.54) is 0 Å². The van der Waals surface area contributed by atoms with E-state index in [2.05, 4.69) is 28.6 Å². The Balaban J connectivity index is 1.82. The van der Waals surface area contributed by atoms with Gasteiger partial charge in [-0.15, -0.1) is 0 Å². The molecule has 0 radical (unpaired) electrons. The summed E-state index contributed by atoms with van der Waals surface area (Å²) in [7, 11) is 3.26. The summed E-state index contributed by atoms with van der Waals surface area (Å²) < 4.78 is 18.7. The molecule has 4 rings (SSSR count). The van der Waals surface area contributed by atoms with Crippen LogP contribution in [0.5, 0.6) is 11.6 Å². The smallest absolute Gasteiger partial charge is 0.275 e. The van der Waals surface area contributed by atoms with E-state index in [-0.39, 0.29) is 11.6 Å². The van der Waals surface area contributed by atoms with Gasteiger partial charge in [-0.3, -0.25) is 4.79 Å². The standard InChI is InChI=1S/C21H26N4O4/c1-12(2)16-8-13-9-18(29-7-5-6-27-3)21(28-4)22-19(13)17-10-15-14(11-25(16)17)20(26)24-23-15/h9-12,16H,5-8H2,1-4H3,(H,24,26)/t16-/m0/s1. The Hall–Kier alpha value is -2.87. The predicted octanol–water partition coefficient (Wildman–Crippen LogP) is 2.92. The van der Waals surface area contributed by atoms with Crippen molar-refractivity contribution >= 4 is 0 Å². The maximum atomic E-state index is 12.1. The summed E-state index contributed by atoms with van der Waals surface area (Å²) in [6, 6.07) is 4.15. The molecular weight excluding hydrogens is 372 g/mol. The fourth-order valence-corrected chi connectivity index (χ4v) is 3.87. The number of ether oxygens (including phenoxy) is 3. The zero-order valence-corrected chi connectivity index (χ0v) is 17.2. The minimum atomic E-state index is -0.172. The van der Waals surface area contributed by atoms with Crippen LogP contribution in [-0.4, -0.2) is 47.2 Å². The molecule has 4 heterocycles. The molecule has 0 unspecified atom stereocenters. The Morgan fingerprint density at radius 3 is 2.83 bits per heavy atom. The van der Waals surface area contributed by atoms with Gasteiger partial charge >= 0.3 is 0 Å². The van der Waals surface area contributed by atoms with Crippen LogP contribution in [0.3, 0.4) is 0 Å². The first-order valence-corrected chi connectivity index (χ1v) is 9.83. The molecule has 1 aromatic rings. The SMILES string of the molecule is COCCCOc1cc2c(nc1OC)-c1cc3n[nH]c(=O)c-3cn1[C@H](C(C)C)C2. The lowest BCUT2D eigenvalue weighted by atomic mass is 9.89. The zero-order valence-electron chi connectivity index (χ0n) is 17.2. The van der Waals surface area contributed by atoms with E-state index in [9.17, 15) is 4.79 Å². The fourth-order valence-electron chi connectivity index (χ4n) is 3.87. The molecule has 0 spiro atoms. The third-order valence-corrected chi connectivity index (χ3v) is 5.39. The normalized spacial score (nSPS) is 15.4. The van der Waals surface area contributed by atoms with Gasteiger partial charge < -0.3 is 18.8 Å². The molecule has 0 amide bonds. The van der Waals surface area contributed by atoms with Crippen LogP contribution in [0.4, 0.5) is 0 Å². The number of hydrogen-bond acceptors (Lipinski definition) is 6. The van der Waals surface area contributed by atoms with Gasteiger partial charge in [0.15, 0.2) is 5.75 Å². The third-order valence-electron chi connectivity index (χ3n) is 5.39. The second-order valence-electron chi connectivity index (χ2n) is 7.63. The van der Waals surface area contributed by atoms with Crippen molar-refractivity contribution in [2.75, 3.05) is 27.4 Å². The highest BCUT2D eigenvalue weighted by Gasteiger charge is 2.30. The molecule has 29 heavy (non-hydrogen) atoms. The lowest BCUT2D eigenvalue weighted by Crippen LogP contribution is -2.25. The molecule has 0 saturated carbocycles. The zero-order chi connectivity index (χ0) is 20.5. The average Bonchev–Trinajstić information content (AvgIpc) is 3.08. The number of hydrogen-bond donors (Lipinski definition) is 1. The van der Waals surface area contributed by atoms with Crippen molar-refractivity contribution in [3.8, 4) is 34.3 Å². The van der Waals surface area contributed by atoms with Crippen LogP contribution < -0.4 is 15.0 Å². The van der Waals surface area contributed by atoms with Gasteiger partial charge in [-0.1, -0.05) is 13.8 Å². The monoisotopic (exact) mass is 398 g/mol. The van der Waals surface area contributed by atoms with E-state index in [1.54, 1.807) is 14.2 Å². The Bertz CT molecular complexity index is 1040. The van der Waals surface area contributed by atoms with Gasteiger partial charge in [-0.05, 0) is 30.0 Å². The van der Waals surface area contributed by atoms with Gasteiger partial charge in [0.2, 0.25) is 0 Å². The molecule has 0 aliphatic carbocycles. The second-order valence-corrected chi connectivity index (χ2v) is 7.63. The Morgan fingerprint density at radius 1 is 1.28 bits per heavy atom. The van der Waals surface area contributed by atoms with E-state index in [4.69, 9.17) is 19.2 Å². The van der Waals surface area contributed by atoms with Crippen LogP contribution >= 0.6 is 0 Å². The molecule has 3 aliphatic heterocycles. The van der Waals surface area contributed by atoms with Gasteiger partial charge in [0, 0.05) is 32.4 Å². The summed E-state index contributed by atoms with van der Waals surface area (Å²) in [5.74, 6) is 1.46. The van der Waals surface area contributed by atoms with E-state index >= 15 is 0 Å². The van der Waals surface area contributed by atoms with Crippen molar-refractivity contribution in [3.63, 3.8) is 0 Å². The predicted molar refractivity (Wildman–Crippen MR) is 109 cm³/mol. The van der Waals surface area contributed by atoms with Crippen LogP contribution in [0.2, 0.25) is 0 Å². The maximum Gasteiger partial charge on any atom is 0.275 e. The summed E-state index contributed by atoms with van der Waals surface area (Å²) >= 11 is 0. The summed E-state index contributed by atoms with van der Waals surface area (Å²) in [6.07, 6.45) is 3.49. The van der Waals surface area contributed by atoms with Crippen molar-refractivity contribution in [2.24, 2.45) is 5.92 Å². The van der Waals surface area contributed by atoms with Gasteiger partial charge in [-0.25, -0.2) is 10.1 Å². The summed E-state index contributed by atoms with van der Waals surface area (Å²) in [5, 5.41) is 6.68. The van der Waals surface area contributed by atoms with Crippen LogP contribution in [-0.2, 0) is 11.2 Å². The average molecular weight is 398 g/mol. The van der Waals surface area contributed by atoms with E-state index in [1.807, 2.05) is 18.3 Å². The van der Waals surface area contributed by atoms with Crippen LogP contribution in [0.1, 0.15) is 31.9 Å². The van der Waals surface area contributed by atoms with E-state index < -0.39 is 0 Å². The molecule has 8 heteroatoms. The van der Waals surface area contributed by atoms with Crippen LogP contribution in [0, 0.1) is 5.92 Å². The minimum absolute atomic E-state index is 0.172. The molecule has 0 aromatic carbocycles. The minimum Gasteiger partial charge on any atom is -0.488 e. The number of aromatic nitrogens is 4. The van der Waals surface area contributed by atoms with Crippen molar-refractivity contribution in [2.45, 2.75) is 32.7 Å². The number of H-pyrrole nitrogens is 1. The molecule has 8 nitrogen and oxygen atoms in total. The fraction of sp³-hybridized carbons (Fsp3) is 0.476. The number of pyridine rings is 2. The van der Waals surface area contributed by atoms with Crippen LogP contribution in [0.15, 0.2) is 23.1 Å². The lowest BCUT2D eigenvalue weighted by molar-refractivity contribution is 0.170. The van der Waals surface area contributed by atoms with Gasteiger partial charge in [-0.2, -0.15) is 5.10 Å². The number of aromatic amines is 1. The second kappa shape index (κ2) is 7.87. The molecule has 1 aromatic heterocycles. The Morgan fingerprint density at radius 2 is 2.10 bits per heavy atom. The van der Waals surface area contributed by atoms with E-state index in [0.29, 0.717) is 42.0 Å². The van der Waals surface area contributed by atoms with Crippen molar-refractivity contribution in [3.05, 3.63) is 34.2 Å². The number of fused-ring (bicyclic) bond motifs is 4. The molecule has 3 aliphatic rings. The first-order chi connectivity index (χ1) is 14.0. The largest absolute Gasteiger partial charge is 0.488 e. The molecule has 1 atom stereocenters. The quantitative estimate of drug-likeness (QED) is 0.616. The van der Waals surface area contributed by atoms with Gasteiger partial charge in [0.1, 0.15) is 0 Å². The van der Waals surface area contributed by atoms with Crippen molar-refractivity contribution in [1.82, 2.24) is 19.7 Å². The molecule has 0 bridgehead atoms. The highest BCUT2D eigenvalue weighted by molar-refractivity contribution is 5.71. The highest BCUT2D eigenvalue weighted by Crippen LogP contribution is 2.42. The molecule has 0 fully saturated rings. The summed E-state index contributed by atoms with van der Waals surface area (Å²) in [4.78, 5) is 16.9. The first kappa shape index (κ1) is 19.4. The van der Waals surface area contributed by atoms with Gasteiger partial charge in [0.05, 0.1) is 36.4 Å². The highest BCUT2D eigenvalue weighted by atomic mass is 16.5. The Labute approximate surface area is 169 Å². The van der Waals surface area contributed by atoms with Crippen molar-refractivity contribution in [1.29, 1.82) is 0 Å². The molecule has 1 N–H and O–H groups in total. The molecule has 0 saturated heterocycles. The Kier molecular flexibility index (Phi) is 5.27. The van der Waals surface area contributed by atoms with Gasteiger partial charge in [0.25, 0.3) is 11.4 Å². The summed E-state index contributed by atoms with van der Waals surface area (Å²) in [6.45, 7) is 5.54. The van der Waals surface area contributed by atoms with E-state index in [0.717, 1.165) is 29.8 Å². The number of nitrogens with one attached hydrogen (secondary N) is 1. The lowest BCUT2D eigenvalue weighted by Gasteiger charge is -2.33. The van der Waals surface area contributed by atoms with Crippen LogP contribution in [0.25, 0.3) is 22.6 Å². The topological polar surface area (TPSA) is 91.3 Å². The first-order valence-electron chi connectivity index (χ1n) is 9.83. The van der Waals surface area contributed by atoms with Crippen molar-refractivity contribution < 1.29 is 14.2 Å². The number of rotatable bonds is 7. The third kappa shape index (κ3) is 3.48. The molecule has 154 valence electrons. The summed E-state index contributed by atoms with van der Waals surface area (Å²) in [5.41, 5.74) is 3.91. The maximum absolute atomic E-state index is 12.1. The molecular formula is C21H26N4O4. The number of methoxy groups -OCH3 is 2. The number of nitrogens with zero attached hydrogens (tertiary/aromatic N) is 3.